The van der Waals surface area contributed by atoms with Crippen molar-refractivity contribution in [2.45, 2.75) is 40.2 Å². The van der Waals surface area contributed by atoms with Crippen LogP contribution in [0.25, 0.3) is 17.0 Å². The first-order valence-electron chi connectivity index (χ1n) is 10.0. The fourth-order valence-corrected chi connectivity index (χ4v) is 3.41. The molecule has 3 rings (SSSR count). The van der Waals surface area contributed by atoms with Crippen LogP contribution in [0.1, 0.15) is 48.9 Å². The van der Waals surface area contributed by atoms with Gasteiger partial charge in [-0.3, -0.25) is 4.79 Å². The molecule has 31 heavy (non-hydrogen) atoms. The Labute approximate surface area is 180 Å². The zero-order valence-corrected chi connectivity index (χ0v) is 18.0. The van der Waals surface area contributed by atoms with E-state index in [1.807, 2.05) is 37.3 Å². The first-order valence-corrected chi connectivity index (χ1v) is 10.0. The van der Waals surface area contributed by atoms with Crippen LogP contribution in [0.15, 0.2) is 63.4 Å². The number of hydrogen-bond donors (Lipinski definition) is 1. The molecular weight excluding hydrogens is 394 g/mol. The minimum atomic E-state index is -0.698. The van der Waals surface area contributed by atoms with E-state index < -0.39 is 11.6 Å². The molecule has 3 aromatic rings. The van der Waals surface area contributed by atoms with Gasteiger partial charge in [0.05, 0.1) is 0 Å². The molecule has 6 nitrogen and oxygen atoms in total. The van der Waals surface area contributed by atoms with Crippen LogP contribution in [0.3, 0.4) is 0 Å². The molecule has 1 aromatic heterocycles. The second-order valence-electron chi connectivity index (χ2n) is 7.68. The number of ether oxygens (including phenoxy) is 1. The minimum Gasteiger partial charge on any atom is -0.456 e. The Morgan fingerprint density at radius 3 is 2.48 bits per heavy atom. The molecule has 0 saturated carbocycles. The second kappa shape index (κ2) is 9.43. The van der Waals surface area contributed by atoms with Crippen LogP contribution in [-0.2, 0) is 20.9 Å². The Morgan fingerprint density at radius 1 is 1.13 bits per heavy atom. The van der Waals surface area contributed by atoms with Crippen molar-refractivity contribution in [3.8, 4) is 0 Å². The van der Waals surface area contributed by atoms with Crippen molar-refractivity contribution in [1.29, 1.82) is 0 Å². The van der Waals surface area contributed by atoms with Crippen molar-refractivity contribution in [1.82, 2.24) is 5.32 Å². The van der Waals surface area contributed by atoms with Gasteiger partial charge in [0, 0.05) is 23.9 Å². The lowest BCUT2D eigenvalue weighted by molar-refractivity contribution is -0.141. The Bertz CT molecular complexity index is 1210. The number of nitrogens with one attached hydrogen (secondary N) is 1. The molecule has 1 heterocycles. The van der Waals surface area contributed by atoms with Crippen LogP contribution < -0.4 is 10.9 Å². The quantitative estimate of drug-likeness (QED) is 0.363. The van der Waals surface area contributed by atoms with Gasteiger partial charge in [0.15, 0.2) is 0 Å². The molecule has 160 valence electrons. The SMILES string of the molecule is CC(=O)NC(=Cc1ccccc1)C(=O)OCc1cc(=O)oc2cc(C)c(C(C)C)cc12. The van der Waals surface area contributed by atoms with Gasteiger partial charge in [0.2, 0.25) is 5.91 Å². The largest absolute Gasteiger partial charge is 0.456 e. The predicted molar refractivity (Wildman–Crippen MR) is 119 cm³/mol. The van der Waals surface area contributed by atoms with Gasteiger partial charge in [-0.2, -0.15) is 0 Å². The van der Waals surface area contributed by atoms with E-state index in [1.165, 1.54) is 13.0 Å². The third-order valence-corrected chi connectivity index (χ3v) is 4.84. The number of benzene rings is 2. The number of amides is 1. The van der Waals surface area contributed by atoms with Crippen molar-refractivity contribution in [3.63, 3.8) is 0 Å². The van der Waals surface area contributed by atoms with E-state index in [-0.39, 0.29) is 24.1 Å². The van der Waals surface area contributed by atoms with Crippen LogP contribution in [0, 0.1) is 6.92 Å². The summed E-state index contributed by atoms with van der Waals surface area (Å²) in [5, 5.41) is 3.23. The first kappa shape index (κ1) is 22.0. The molecule has 0 atom stereocenters. The molecular formula is C25H25NO5. The Hall–Kier alpha value is -3.67. The summed E-state index contributed by atoms with van der Waals surface area (Å²) in [6.45, 7) is 7.32. The van der Waals surface area contributed by atoms with Crippen LogP contribution in [0.5, 0.6) is 0 Å². The average Bonchev–Trinajstić information content (AvgIpc) is 2.70. The number of hydrogen-bond acceptors (Lipinski definition) is 5. The summed E-state index contributed by atoms with van der Waals surface area (Å²) in [5.74, 6) is -0.800. The minimum absolute atomic E-state index is 0.0182. The molecule has 0 spiro atoms. The van der Waals surface area contributed by atoms with E-state index in [9.17, 15) is 14.4 Å². The maximum atomic E-state index is 12.7. The lowest BCUT2D eigenvalue weighted by Gasteiger charge is -2.14. The van der Waals surface area contributed by atoms with Gasteiger partial charge in [-0.25, -0.2) is 9.59 Å². The summed E-state index contributed by atoms with van der Waals surface area (Å²) in [5.41, 5.74) is 3.38. The molecule has 0 bridgehead atoms. The molecule has 0 radical (unpaired) electrons. The number of aryl methyl sites for hydroxylation is 1. The lowest BCUT2D eigenvalue weighted by Crippen LogP contribution is -2.26. The molecule has 1 N–H and O–H groups in total. The highest BCUT2D eigenvalue weighted by molar-refractivity contribution is 5.97. The van der Waals surface area contributed by atoms with Crippen LogP contribution in [-0.4, -0.2) is 11.9 Å². The van der Waals surface area contributed by atoms with Gasteiger partial charge in [-0.05, 0) is 47.7 Å². The highest BCUT2D eigenvalue weighted by Crippen LogP contribution is 2.27. The fraction of sp³-hybridized carbons (Fsp3) is 0.240. The van der Waals surface area contributed by atoms with Crippen molar-refractivity contribution in [3.05, 3.63) is 86.9 Å². The summed E-state index contributed by atoms with van der Waals surface area (Å²) in [6.07, 6.45) is 1.54. The third kappa shape index (κ3) is 5.48. The van der Waals surface area contributed by atoms with E-state index in [0.29, 0.717) is 11.1 Å². The molecule has 0 fully saturated rings. The van der Waals surface area contributed by atoms with Crippen LogP contribution in [0.2, 0.25) is 0 Å². The number of rotatable bonds is 6. The standard InChI is InChI=1S/C25H25NO5/c1-15(2)20-13-21-19(12-24(28)31-23(21)10-16(20)3)14-30-25(29)22(26-17(4)27)11-18-8-6-5-7-9-18/h5-13,15H,14H2,1-4H3,(H,26,27). The smallest absolute Gasteiger partial charge is 0.355 e. The van der Waals surface area contributed by atoms with Crippen molar-refractivity contribution >= 4 is 28.9 Å². The zero-order valence-electron chi connectivity index (χ0n) is 18.0. The highest BCUT2D eigenvalue weighted by atomic mass is 16.5. The van der Waals surface area contributed by atoms with Gasteiger partial charge in [0.1, 0.15) is 17.9 Å². The van der Waals surface area contributed by atoms with Crippen molar-refractivity contribution in [2.75, 3.05) is 0 Å². The number of fused-ring (bicyclic) bond motifs is 1. The molecule has 0 aliphatic rings. The van der Waals surface area contributed by atoms with Gasteiger partial charge < -0.3 is 14.5 Å². The maximum Gasteiger partial charge on any atom is 0.355 e. The van der Waals surface area contributed by atoms with E-state index in [0.717, 1.165) is 22.1 Å². The predicted octanol–water partition coefficient (Wildman–Crippen LogP) is 4.45. The molecule has 6 heteroatoms. The molecule has 2 aromatic carbocycles. The summed E-state index contributed by atoms with van der Waals surface area (Å²) < 4.78 is 10.8. The van der Waals surface area contributed by atoms with E-state index in [4.69, 9.17) is 9.15 Å². The zero-order chi connectivity index (χ0) is 22.5. The fourth-order valence-electron chi connectivity index (χ4n) is 3.41. The van der Waals surface area contributed by atoms with Crippen LogP contribution >= 0.6 is 0 Å². The Kier molecular flexibility index (Phi) is 6.70. The number of carbonyl (C=O) groups excluding carboxylic acids is 2. The van der Waals surface area contributed by atoms with Gasteiger partial charge >= 0.3 is 11.6 Å². The molecule has 0 saturated heterocycles. The number of carbonyl (C=O) groups is 2. The topological polar surface area (TPSA) is 85.6 Å². The first-order chi connectivity index (χ1) is 14.7. The number of esters is 1. The third-order valence-electron chi connectivity index (χ3n) is 4.84. The summed E-state index contributed by atoms with van der Waals surface area (Å²) in [6, 6.07) is 14.2. The Morgan fingerprint density at radius 2 is 1.84 bits per heavy atom. The van der Waals surface area contributed by atoms with E-state index in [1.54, 1.807) is 18.2 Å². The second-order valence-corrected chi connectivity index (χ2v) is 7.68. The van der Waals surface area contributed by atoms with Gasteiger partial charge in [-0.15, -0.1) is 0 Å². The van der Waals surface area contributed by atoms with Crippen molar-refractivity contribution in [2.24, 2.45) is 0 Å². The van der Waals surface area contributed by atoms with Gasteiger partial charge in [-0.1, -0.05) is 44.2 Å². The normalized spacial score (nSPS) is 11.6. The maximum absolute atomic E-state index is 12.7. The molecule has 0 aliphatic heterocycles. The monoisotopic (exact) mass is 419 g/mol. The van der Waals surface area contributed by atoms with E-state index >= 15 is 0 Å². The van der Waals surface area contributed by atoms with Gasteiger partial charge in [0.25, 0.3) is 0 Å². The summed E-state index contributed by atoms with van der Waals surface area (Å²) in [4.78, 5) is 36.3. The highest BCUT2D eigenvalue weighted by Gasteiger charge is 2.16. The van der Waals surface area contributed by atoms with E-state index in [2.05, 4.69) is 19.2 Å². The average molecular weight is 419 g/mol. The lowest BCUT2D eigenvalue weighted by atomic mass is 9.95. The van der Waals surface area contributed by atoms with Crippen LogP contribution in [0.4, 0.5) is 0 Å². The summed E-state index contributed by atoms with van der Waals surface area (Å²) >= 11 is 0. The molecule has 1 amide bonds. The molecule has 0 aliphatic carbocycles. The Balaban J connectivity index is 1.92. The molecule has 0 unspecified atom stereocenters. The summed E-state index contributed by atoms with van der Waals surface area (Å²) in [7, 11) is 0. The van der Waals surface area contributed by atoms with Crippen molar-refractivity contribution < 1.29 is 18.7 Å².